The van der Waals surface area contributed by atoms with E-state index in [0.717, 1.165) is 21.5 Å². The zero-order chi connectivity index (χ0) is 12.8. The van der Waals surface area contributed by atoms with Gasteiger partial charge in [-0.2, -0.15) is 17.0 Å². The molecule has 0 radical (unpaired) electrons. The summed E-state index contributed by atoms with van der Waals surface area (Å²) in [4.78, 5) is 0. The third kappa shape index (κ3) is 3.63. The maximum absolute atomic E-state index is 8.72. The average Bonchev–Trinajstić information content (AvgIpc) is 2.42. The maximum atomic E-state index is 8.72. The Labute approximate surface area is 120 Å². The molecule has 0 saturated heterocycles. The van der Waals surface area contributed by atoms with Crippen LogP contribution in [0.25, 0.3) is 0 Å². The highest BCUT2D eigenvalue weighted by atomic mass is 79.9. The van der Waals surface area contributed by atoms with E-state index >= 15 is 0 Å². The van der Waals surface area contributed by atoms with Crippen LogP contribution in [0.2, 0.25) is 0 Å². The van der Waals surface area contributed by atoms with E-state index in [1.807, 2.05) is 42.1 Å². The first-order chi connectivity index (χ1) is 8.79. The second-order valence-corrected chi connectivity index (χ2v) is 5.73. The number of nitriles is 1. The minimum atomic E-state index is 0.717. The van der Waals surface area contributed by atoms with Crippen molar-refractivity contribution in [1.29, 1.82) is 5.26 Å². The lowest BCUT2D eigenvalue weighted by Crippen LogP contribution is -1.85. The van der Waals surface area contributed by atoms with Crippen LogP contribution in [0.1, 0.15) is 16.7 Å². The predicted octanol–water partition coefficient (Wildman–Crippen LogP) is 4.75. The van der Waals surface area contributed by atoms with Gasteiger partial charge in [-0.1, -0.05) is 46.3 Å². The second-order valence-electron chi connectivity index (χ2n) is 3.89. The number of hydrogen-bond acceptors (Lipinski definition) is 2. The Morgan fingerprint density at radius 3 is 2.39 bits per heavy atom. The number of rotatable bonds is 4. The summed E-state index contributed by atoms with van der Waals surface area (Å²) in [5.74, 6) is 1.95. The van der Waals surface area contributed by atoms with Gasteiger partial charge < -0.3 is 0 Å². The zero-order valence-corrected chi connectivity index (χ0v) is 12.2. The SMILES string of the molecule is N#Cc1ccc(CSCc2ccccc2Br)cc1. The molecule has 0 aliphatic rings. The molecule has 90 valence electrons. The van der Waals surface area contributed by atoms with Gasteiger partial charge in [-0.3, -0.25) is 0 Å². The van der Waals surface area contributed by atoms with E-state index in [2.05, 4.69) is 40.2 Å². The highest BCUT2D eigenvalue weighted by Gasteiger charge is 1.99. The summed E-state index contributed by atoms with van der Waals surface area (Å²) in [7, 11) is 0. The van der Waals surface area contributed by atoms with E-state index in [0.29, 0.717) is 0 Å². The summed E-state index contributed by atoms with van der Waals surface area (Å²) in [5, 5.41) is 8.72. The molecule has 0 unspecified atom stereocenters. The number of benzene rings is 2. The van der Waals surface area contributed by atoms with Crippen LogP contribution in [0.3, 0.4) is 0 Å². The summed E-state index contributed by atoms with van der Waals surface area (Å²) in [6.45, 7) is 0. The first-order valence-corrected chi connectivity index (χ1v) is 7.54. The molecule has 0 fully saturated rings. The smallest absolute Gasteiger partial charge is 0.0991 e. The van der Waals surface area contributed by atoms with E-state index < -0.39 is 0 Å². The molecular formula is C15H12BrNS. The lowest BCUT2D eigenvalue weighted by atomic mass is 10.2. The van der Waals surface area contributed by atoms with Crippen molar-refractivity contribution in [3.05, 3.63) is 69.7 Å². The van der Waals surface area contributed by atoms with Gasteiger partial charge in [0.2, 0.25) is 0 Å². The van der Waals surface area contributed by atoms with Gasteiger partial charge in [0.1, 0.15) is 0 Å². The number of hydrogen-bond donors (Lipinski definition) is 0. The van der Waals surface area contributed by atoms with Crippen LogP contribution >= 0.6 is 27.7 Å². The molecule has 0 spiro atoms. The van der Waals surface area contributed by atoms with Crippen LogP contribution in [0.4, 0.5) is 0 Å². The molecule has 1 nitrogen and oxygen atoms in total. The average molecular weight is 318 g/mol. The minimum absolute atomic E-state index is 0.717. The Kier molecular flexibility index (Phi) is 4.86. The Morgan fingerprint density at radius 1 is 1.00 bits per heavy atom. The Hall–Kier alpha value is -1.24. The number of halogens is 1. The topological polar surface area (TPSA) is 23.8 Å². The molecule has 3 heteroatoms. The van der Waals surface area contributed by atoms with E-state index in [1.165, 1.54) is 11.1 Å². The normalized spacial score (nSPS) is 10.0. The molecule has 18 heavy (non-hydrogen) atoms. The molecule has 0 aromatic heterocycles. The van der Waals surface area contributed by atoms with Gasteiger partial charge in [-0.25, -0.2) is 0 Å². The van der Waals surface area contributed by atoms with Gasteiger partial charge in [-0.05, 0) is 29.3 Å². The van der Waals surface area contributed by atoms with Crippen LogP contribution in [0, 0.1) is 11.3 Å². The first kappa shape index (κ1) is 13.2. The van der Waals surface area contributed by atoms with E-state index in [9.17, 15) is 0 Å². The Bertz CT molecular complexity index is 557. The molecule has 2 aromatic rings. The van der Waals surface area contributed by atoms with Gasteiger partial charge in [-0.15, -0.1) is 0 Å². The van der Waals surface area contributed by atoms with Crippen LogP contribution in [0.5, 0.6) is 0 Å². The number of thioether (sulfide) groups is 1. The van der Waals surface area contributed by atoms with Crippen molar-refractivity contribution in [2.45, 2.75) is 11.5 Å². The van der Waals surface area contributed by atoms with Gasteiger partial charge >= 0.3 is 0 Å². The van der Waals surface area contributed by atoms with Crippen molar-refractivity contribution in [1.82, 2.24) is 0 Å². The quantitative estimate of drug-likeness (QED) is 0.812. The van der Waals surface area contributed by atoms with Crippen molar-refractivity contribution in [3.63, 3.8) is 0 Å². The van der Waals surface area contributed by atoms with E-state index in [1.54, 1.807) is 0 Å². The largest absolute Gasteiger partial charge is 0.192 e. The fraction of sp³-hybridized carbons (Fsp3) is 0.133. The molecule has 0 aliphatic heterocycles. The third-order valence-corrected chi connectivity index (χ3v) is 4.39. The molecule has 0 N–H and O–H groups in total. The van der Waals surface area contributed by atoms with Crippen molar-refractivity contribution >= 4 is 27.7 Å². The van der Waals surface area contributed by atoms with Gasteiger partial charge in [0.05, 0.1) is 11.6 Å². The van der Waals surface area contributed by atoms with Crippen molar-refractivity contribution in [2.75, 3.05) is 0 Å². The molecule has 0 bridgehead atoms. The van der Waals surface area contributed by atoms with E-state index in [-0.39, 0.29) is 0 Å². The van der Waals surface area contributed by atoms with Crippen molar-refractivity contribution < 1.29 is 0 Å². The molecule has 0 amide bonds. The highest BCUT2D eigenvalue weighted by Crippen LogP contribution is 2.23. The van der Waals surface area contributed by atoms with Crippen molar-refractivity contribution in [2.24, 2.45) is 0 Å². The van der Waals surface area contributed by atoms with Gasteiger partial charge in [0, 0.05) is 16.0 Å². The van der Waals surface area contributed by atoms with E-state index in [4.69, 9.17) is 5.26 Å². The van der Waals surface area contributed by atoms with Crippen molar-refractivity contribution in [3.8, 4) is 6.07 Å². The molecule has 0 atom stereocenters. The fourth-order valence-corrected chi connectivity index (χ4v) is 3.18. The Balaban J connectivity index is 1.89. The first-order valence-electron chi connectivity index (χ1n) is 5.60. The number of nitrogens with zero attached hydrogens (tertiary/aromatic N) is 1. The minimum Gasteiger partial charge on any atom is -0.192 e. The maximum Gasteiger partial charge on any atom is 0.0991 e. The molecular weight excluding hydrogens is 306 g/mol. The molecule has 0 heterocycles. The molecule has 2 rings (SSSR count). The van der Waals surface area contributed by atoms with Crippen LogP contribution in [0.15, 0.2) is 53.0 Å². The zero-order valence-electron chi connectivity index (χ0n) is 9.77. The Morgan fingerprint density at radius 2 is 1.72 bits per heavy atom. The van der Waals surface area contributed by atoms with Gasteiger partial charge in [0.25, 0.3) is 0 Å². The lowest BCUT2D eigenvalue weighted by molar-refractivity contribution is 1.34. The second kappa shape index (κ2) is 6.63. The van der Waals surface area contributed by atoms with Crippen LogP contribution in [-0.2, 0) is 11.5 Å². The summed E-state index contributed by atoms with van der Waals surface area (Å²) < 4.78 is 1.16. The van der Waals surface area contributed by atoms with Gasteiger partial charge in [0.15, 0.2) is 0 Å². The monoisotopic (exact) mass is 317 g/mol. The lowest BCUT2D eigenvalue weighted by Gasteiger charge is -2.04. The summed E-state index contributed by atoms with van der Waals surface area (Å²) in [5.41, 5.74) is 3.29. The summed E-state index contributed by atoms with van der Waals surface area (Å²) in [6.07, 6.45) is 0. The standard InChI is InChI=1S/C15H12BrNS/c16-15-4-2-1-3-14(15)11-18-10-13-7-5-12(9-17)6-8-13/h1-8H,10-11H2. The molecule has 0 saturated carbocycles. The molecule has 0 aliphatic carbocycles. The highest BCUT2D eigenvalue weighted by molar-refractivity contribution is 9.10. The molecule has 2 aromatic carbocycles. The third-order valence-electron chi connectivity index (χ3n) is 2.57. The van der Waals surface area contributed by atoms with Crippen LogP contribution in [-0.4, -0.2) is 0 Å². The fourth-order valence-electron chi connectivity index (χ4n) is 1.57. The predicted molar refractivity (Wildman–Crippen MR) is 80.3 cm³/mol. The van der Waals surface area contributed by atoms with Crippen LogP contribution < -0.4 is 0 Å². The summed E-state index contributed by atoms with van der Waals surface area (Å²) in [6, 6.07) is 18.2. The summed E-state index contributed by atoms with van der Waals surface area (Å²) >= 11 is 5.43.